The molecule has 1 fully saturated rings. The molecule has 4 rings (SSSR count). The van der Waals surface area contributed by atoms with Gasteiger partial charge in [-0.2, -0.15) is 0 Å². The fraction of sp³-hybridized carbons (Fsp3) is 0.300. The van der Waals surface area contributed by atoms with Gasteiger partial charge < -0.3 is 39.1 Å². The standard InChI is InChI=1S/C30H32NO11P/c1-20(31(18-27(32)33)28(34)26-19-40-30(42-26,29(35)36)43(37,38)39)25(17-12-21-8-4-2-5-9-21)22-13-15-24(16-14-22)41-23-10-6-3-7-11-23/h2-11,13-16,20,25-26H,12,17-19H2,1H3,(H,32,33)(H,35,36)(H2,37,38,39). The van der Waals surface area contributed by atoms with E-state index >= 15 is 0 Å². The highest BCUT2D eigenvalue weighted by Gasteiger charge is 2.64. The lowest BCUT2D eigenvalue weighted by Gasteiger charge is -2.35. The van der Waals surface area contributed by atoms with Gasteiger partial charge in [-0.15, -0.1) is 0 Å². The summed E-state index contributed by atoms with van der Waals surface area (Å²) in [5.41, 5.74) is -1.56. The molecule has 4 N–H and O–H groups in total. The van der Waals surface area contributed by atoms with Crippen LogP contribution in [0, 0.1) is 0 Å². The summed E-state index contributed by atoms with van der Waals surface area (Å²) in [7, 11) is -5.54. The Kier molecular flexibility index (Phi) is 10.0. The molecule has 3 aromatic rings. The van der Waals surface area contributed by atoms with Crippen LogP contribution in [0.2, 0.25) is 0 Å². The Morgan fingerprint density at radius 3 is 2.07 bits per heavy atom. The number of ether oxygens (including phenoxy) is 3. The summed E-state index contributed by atoms with van der Waals surface area (Å²) in [6, 6.07) is 25.2. The van der Waals surface area contributed by atoms with Gasteiger partial charge in [0.2, 0.25) is 0 Å². The number of nitrogens with zero attached hydrogens (tertiary/aromatic N) is 1. The van der Waals surface area contributed by atoms with Crippen molar-refractivity contribution in [1.29, 1.82) is 0 Å². The number of carboxylic acids is 2. The van der Waals surface area contributed by atoms with Crippen molar-refractivity contribution in [2.24, 2.45) is 0 Å². The van der Waals surface area contributed by atoms with Gasteiger partial charge in [-0.1, -0.05) is 60.7 Å². The smallest absolute Gasteiger partial charge is 0.397 e. The molecule has 1 aliphatic rings. The number of hydrogen-bond donors (Lipinski definition) is 4. The fourth-order valence-corrected chi connectivity index (χ4v) is 5.75. The second kappa shape index (κ2) is 13.5. The van der Waals surface area contributed by atoms with Gasteiger partial charge in [0.05, 0.1) is 6.61 Å². The molecular weight excluding hydrogens is 581 g/mol. The highest BCUT2D eigenvalue weighted by atomic mass is 31.2. The summed E-state index contributed by atoms with van der Waals surface area (Å²) in [6.07, 6.45) is -0.671. The van der Waals surface area contributed by atoms with E-state index in [2.05, 4.69) is 0 Å². The molecule has 0 aliphatic carbocycles. The molecule has 0 bridgehead atoms. The van der Waals surface area contributed by atoms with Gasteiger partial charge >= 0.3 is 25.1 Å². The monoisotopic (exact) mass is 613 g/mol. The van der Waals surface area contributed by atoms with Gasteiger partial charge in [-0.3, -0.25) is 14.2 Å². The SMILES string of the molecule is CC(C(CCc1ccccc1)c1ccc(Oc2ccccc2)cc1)N(CC(=O)O)C(=O)C1COC(C(=O)O)(P(=O)(O)O)O1. The van der Waals surface area contributed by atoms with Crippen molar-refractivity contribution in [3.05, 3.63) is 96.1 Å². The van der Waals surface area contributed by atoms with Crippen molar-refractivity contribution in [3.8, 4) is 11.5 Å². The maximum atomic E-state index is 13.6. The van der Waals surface area contributed by atoms with E-state index in [1.165, 1.54) is 0 Å². The summed E-state index contributed by atoms with van der Waals surface area (Å²) >= 11 is 0. The number of rotatable bonds is 13. The summed E-state index contributed by atoms with van der Waals surface area (Å²) in [4.78, 5) is 57.4. The van der Waals surface area contributed by atoms with Crippen LogP contribution in [0.4, 0.5) is 0 Å². The predicted octanol–water partition coefficient (Wildman–Crippen LogP) is 3.83. The summed E-state index contributed by atoms with van der Waals surface area (Å²) < 4.78 is 27.7. The molecule has 43 heavy (non-hydrogen) atoms. The Morgan fingerprint density at radius 2 is 1.53 bits per heavy atom. The van der Waals surface area contributed by atoms with Crippen LogP contribution >= 0.6 is 7.60 Å². The molecule has 1 amide bonds. The molecule has 0 aromatic heterocycles. The molecule has 0 saturated carbocycles. The molecule has 0 spiro atoms. The van der Waals surface area contributed by atoms with Crippen LogP contribution in [0.5, 0.6) is 11.5 Å². The first kappa shape index (κ1) is 31.9. The van der Waals surface area contributed by atoms with Gasteiger partial charge in [0.15, 0.2) is 6.10 Å². The number of aliphatic carboxylic acids is 2. The van der Waals surface area contributed by atoms with E-state index in [0.717, 1.165) is 16.0 Å². The number of amides is 1. The Bertz CT molecular complexity index is 1460. The van der Waals surface area contributed by atoms with E-state index in [1.807, 2.05) is 72.8 Å². The van der Waals surface area contributed by atoms with E-state index in [0.29, 0.717) is 24.3 Å². The Labute approximate surface area is 247 Å². The van der Waals surface area contributed by atoms with Crippen molar-refractivity contribution in [3.63, 3.8) is 0 Å². The minimum absolute atomic E-state index is 0.414. The second-order valence-corrected chi connectivity index (χ2v) is 11.7. The summed E-state index contributed by atoms with van der Waals surface area (Å²) in [6.45, 7) is 0.0975. The van der Waals surface area contributed by atoms with Crippen molar-refractivity contribution in [2.75, 3.05) is 13.2 Å². The van der Waals surface area contributed by atoms with Crippen LogP contribution in [-0.4, -0.2) is 73.6 Å². The van der Waals surface area contributed by atoms with Crippen molar-refractivity contribution >= 4 is 25.4 Å². The average molecular weight is 614 g/mol. The first-order chi connectivity index (χ1) is 20.4. The maximum absolute atomic E-state index is 13.6. The van der Waals surface area contributed by atoms with E-state index in [-0.39, 0.29) is 0 Å². The quantitative estimate of drug-likeness (QED) is 0.206. The van der Waals surface area contributed by atoms with Crippen LogP contribution in [0.15, 0.2) is 84.9 Å². The molecule has 228 valence electrons. The van der Waals surface area contributed by atoms with Crippen molar-refractivity contribution in [2.45, 2.75) is 43.4 Å². The van der Waals surface area contributed by atoms with Gasteiger partial charge in [0.25, 0.3) is 5.91 Å². The predicted molar refractivity (Wildman–Crippen MR) is 153 cm³/mol. The highest BCUT2D eigenvalue weighted by molar-refractivity contribution is 7.54. The maximum Gasteiger partial charge on any atom is 0.397 e. The molecule has 0 radical (unpaired) electrons. The Hall–Kier alpha value is -4.06. The molecule has 4 atom stereocenters. The van der Waals surface area contributed by atoms with Crippen LogP contribution in [-0.2, 0) is 34.8 Å². The van der Waals surface area contributed by atoms with Crippen LogP contribution < -0.4 is 4.74 Å². The lowest BCUT2D eigenvalue weighted by molar-refractivity contribution is -0.185. The van der Waals surface area contributed by atoms with Gasteiger partial charge in [-0.05, 0) is 55.2 Å². The summed E-state index contributed by atoms with van der Waals surface area (Å²) in [5.74, 6) is -3.61. The number of carboxylic acid groups (broad SMARTS) is 2. The molecular formula is C30H32NO11P. The van der Waals surface area contributed by atoms with E-state index < -0.39 is 62.2 Å². The third-order valence-electron chi connectivity index (χ3n) is 7.20. The van der Waals surface area contributed by atoms with Crippen molar-refractivity contribution in [1.82, 2.24) is 4.90 Å². The largest absolute Gasteiger partial charge is 0.480 e. The molecule has 12 nitrogen and oxygen atoms in total. The number of benzene rings is 3. The molecule has 3 aromatic carbocycles. The average Bonchev–Trinajstić information content (AvgIpc) is 3.45. The van der Waals surface area contributed by atoms with Crippen LogP contribution in [0.25, 0.3) is 0 Å². The zero-order valence-corrected chi connectivity index (χ0v) is 24.1. The zero-order chi connectivity index (χ0) is 31.2. The minimum Gasteiger partial charge on any atom is -0.480 e. The molecule has 4 unspecified atom stereocenters. The van der Waals surface area contributed by atoms with Gasteiger partial charge in [-0.25, -0.2) is 4.79 Å². The van der Waals surface area contributed by atoms with Gasteiger partial charge in [0.1, 0.15) is 18.0 Å². The molecule has 1 aliphatic heterocycles. The number of para-hydroxylation sites is 1. The second-order valence-electron chi connectivity index (χ2n) is 10.1. The number of aryl methyl sites for hydroxylation is 1. The van der Waals surface area contributed by atoms with E-state index in [1.54, 1.807) is 19.1 Å². The first-order valence-corrected chi connectivity index (χ1v) is 15.0. The van der Waals surface area contributed by atoms with Gasteiger partial charge in [0, 0.05) is 12.0 Å². The summed E-state index contributed by atoms with van der Waals surface area (Å²) in [5, 5.41) is 19.1. The Balaban J connectivity index is 1.63. The third-order valence-corrected chi connectivity index (χ3v) is 8.39. The lowest BCUT2D eigenvalue weighted by atomic mass is 9.85. The van der Waals surface area contributed by atoms with Crippen LogP contribution in [0.1, 0.15) is 30.4 Å². The lowest BCUT2D eigenvalue weighted by Crippen LogP contribution is -2.50. The molecule has 13 heteroatoms. The number of carbonyl (C=O) groups is 3. The van der Waals surface area contributed by atoms with Crippen molar-refractivity contribution < 1.29 is 53.2 Å². The van der Waals surface area contributed by atoms with Crippen LogP contribution in [0.3, 0.4) is 0 Å². The fourth-order valence-electron chi connectivity index (χ4n) is 4.99. The highest BCUT2D eigenvalue weighted by Crippen LogP contribution is 2.55. The number of hydrogen-bond acceptors (Lipinski definition) is 7. The molecule has 1 heterocycles. The molecule has 1 saturated heterocycles. The zero-order valence-electron chi connectivity index (χ0n) is 23.2. The topological polar surface area (TPSA) is 180 Å². The number of carbonyl (C=O) groups excluding carboxylic acids is 1. The third kappa shape index (κ3) is 7.48. The Morgan fingerprint density at radius 1 is 0.953 bits per heavy atom. The minimum atomic E-state index is -5.54. The van der Waals surface area contributed by atoms with E-state index in [4.69, 9.17) is 14.2 Å². The normalized spacial score (nSPS) is 19.7. The van der Waals surface area contributed by atoms with E-state index in [9.17, 15) is 38.9 Å². The first-order valence-electron chi connectivity index (χ1n) is 13.4.